The molecule has 0 saturated heterocycles. The quantitative estimate of drug-likeness (QED) is 0.0583. The van der Waals surface area contributed by atoms with Crippen molar-refractivity contribution in [1.82, 2.24) is 4.90 Å². The molecule has 39 heavy (non-hydrogen) atoms. The molecule has 0 fully saturated rings. The molecule has 0 unspecified atom stereocenters. The summed E-state index contributed by atoms with van der Waals surface area (Å²) >= 11 is -4.14. The minimum atomic E-state index is -4.78. The topological polar surface area (TPSA) is 87.5 Å². The van der Waals surface area contributed by atoms with Gasteiger partial charge >= 0.3 is 185 Å². The zero-order valence-corrected chi connectivity index (χ0v) is 23.4. The van der Waals surface area contributed by atoms with E-state index in [0.29, 0.717) is 35.3 Å². The molecule has 1 heterocycles. The number of carbonyl (C=O) groups excluding carboxylic acids is 1. The molecule has 3 aromatic rings. The average molecular weight is 656 g/mol. The van der Waals surface area contributed by atoms with Crippen LogP contribution in [0.3, 0.4) is 0 Å². The summed E-state index contributed by atoms with van der Waals surface area (Å²) < 4.78 is 65.9. The minimum absolute atomic E-state index is 0.153. The summed E-state index contributed by atoms with van der Waals surface area (Å²) in [7, 11) is 1.61. The summed E-state index contributed by atoms with van der Waals surface area (Å²) in [6, 6.07) is 17.8. The first-order valence-electron chi connectivity index (χ1n) is 11.8. The molecule has 4 rings (SSSR count). The van der Waals surface area contributed by atoms with Crippen molar-refractivity contribution in [3.63, 3.8) is 0 Å². The Morgan fingerprint density at radius 3 is 2.33 bits per heavy atom. The average Bonchev–Trinajstić information content (AvgIpc) is 3.19. The Balaban J connectivity index is 1.38. The Bertz CT molecular complexity index is 1390. The van der Waals surface area contributed by atoms with Gasteiger partial charge in [-0.05, 0) is 17.7 Å². The van der Waals surface area contributed by atoms with E-state index in [-0.39, 0.29) is 9.48 Å². The number of ether oxygens (including phenoxy) is 1. The Kier molecular flexibility index (Phi) is 8.10. The predicted molar refractivity (Wildman–Crippen MR) is 146 cm³/mol. The zero-order chi connectivity index (χ0) is 28.4. The molecule has 1 aliphatic rings. The van der Waals surface area contributed by atoms with E-state index in [1.54, 1.807) is 45.2 Å². The van der Waals surface area contributed by atoms with Crippen LogP contribution in [0.4, 0.5) is 23.2 Å². The Morgan fingerprint density at radius 1 is 1.05 bits per heavy atom. The van der Waals surface area contributed by atoms with Gasteiger partial charge < -0.3 is 0 Å². The minimum Gasteiger partial charge on any atom is -0.0608 e. The van der Waals surface area contributed by atoms with Crippen LogP contribution in [0.15, 0.2) is 77.9 Å². The molecule has 3 aromatic carbocycles. The van der Waals surface area contributed by atoms with E-state index in [1.165, 1.54) is 53.4 Å². The predicted octanol–water partition coefficient (Wildman–Crippen LogP) is 8.06. The number of hydrogen-bond donors (Lipinski definition) is 0. The molecule has 0 spiro atoms. The molecule has 7 nitrogen and oxygen atoms in total. The number of hydrogen-bond acceptors (Lipinski definition) is 4. The van der Waals surface area contributed by atoms with Crippen molar-refractivity contribution in [2.75, 3.05) is 13.6 Å². The van der Waals surface area contributed by atoms with Crippen molar-refractivity contribution in [2.45, 2.75) is 35.9 Å². The third kappa shape index (κ3) is 5.97. The number of likely N-dealkylation sites (N-methyl/N-ethyl adjacent to an activating group) is 1. The van der Waals surface area contributed by atoms with Gasteiger partial charge in [0.1, 0.15) is 0 Å². The van der Waals surface area contributed by atoms with Crippen LogP contribution in [0.25, 0.3) is 10.4 Å². The number of alkyl halides is 5. The van der Waals surface area contributed by atoms with E-state index < -0.39 is 41.6 Å². The SMILES string of the molecule is CN(CCc1ccc(OC(F)(F)C(F)(F)I2OC(C)(C)c3ccccc32)cc1)C(=O)c1ccc(N=[N+]=[N-])cc1. The Hall–Kier alpha value is -3.35. The zero-order valence-electron chi connectivity index (χ0n) is 21.2. The van der Waals surface area contributed by atoms with Gasteiger partial charge in [0.2, 0.25) is 0 Å². The van der Waals surface area contributed by atoms with Gasteiger partial charge in [-0.1, -0.05) is 17.2 Å². The second-order valence-corrected chi connectivity index (χ2v) is 13.7. The second-order valence-electron chi connectivity index (χ2n) is 9.29. The normalized spacial score (nSPS) is 15.3. The Labute approximate surface area is 230 Å². The first kappa shape index (κ1) is 28.7. The standard InChI is InChI=1S/C27H25F4IN4O3/c1-25(2)22-6-4-5-7-23(22)32(39-25)26(28,29)27(30,31)38-21-14-8-18(9-15-21)16-17-36(3)24(37)19-10-12-20(13-11-19)34-35-33/h4-15H,16-17H2,1-3H3. The molecule has 206 valence electrons. The number of halogens is 5. The maximum atomic E-state index is 15.2. The third-order valence-electron chi connectivity index (χ3n) is 6.05. The van der Waals surface area contributed by atoms with E-state index in [1.807, 2.05) is 0 Å². The first-order chi connectivity index (χ1) is 18.4. The van der Waals surface area contributed by atoms with Gasteiger partial charge in [-0.2, -0.15) is 0 Å². The number of rotatable bonds is 9. The van der Waals surface area contributed by atoms with Crippen molar-refractivity contribution in [1.29, 1.82) is 0 Å². The second kappa shape index (κ2) is 11.0. The van der Waals surface area contributed by atoms with Crippen LogP contribution in [0, 0.1) is 3.57 Å². The van der Waals surface area contributed by atoms with Crippen molar-refractivity contribution in [3.05, 3.63) is 103 Å². The molecule has 0 radical (unpaired) electrons. The van der Waals surface area contributed by atoms with Gasteiger partial charge in [-0.25, -0.2) is 0 Å². The van der Waals surface area contributed by atoms with E-state index in [0.717, 1.165) is 0 Å². The van der Waals surface area contributed by atoms with Crippen LogP contribution < -0.4 is 4.74 Å². The fourth-order valence-electron chi connectivity index (χ4n) is 3.92. The number of nitrogens with zero attached hydrogens (tertiary/aromatic N) is 4. The van der Waals surface area contributed by atoms with E-state index in [2.05, 4.69) is 14.8 Å². The van der Waals surface area contributed by atoms with Crippen LogP contribution in [-0.2, 0) is 15.1 Å². The molecular weight excluding hydrogens is 631 g/mol. The number of amides is 1. The van der Waals surface area contributed by atoms with Gasteiger partial charge in [0.15, 0.2) is 0 Å². The number of azide groups is 1. The fraction of sp³-hybridized carbons (Fsp3) is 0.296. The van der Waals surface area contributed by atoms with Crippen LogP contribution >= 0.6 is 20.2 Å². The number of fused-ring (bicyclic) bond motifs is 1. The molecule has 1 amide bonds. The van der Waals surface area contributed by atoms with E-state index in [4.69, 9.17) is 8.60 Å². The van der Waals surface area contributed by atoms with Crippen molar-refractivity contribution < 1.29 is 30.2 Å². The van der Waals surface area contributed by atoms with Gasteiger partial charge in [0.25, 0.3) is 0 Å². The number of benzene rings is 3. The molecule has 0 atom stereocenters. The third-order valence-corrected chi connectivity index (χ3v) is 11.4. The summed E-state index contributed by atoms with van der Waals surface area (Å²) in [6.07, 6.45) is -4.39. The van der Waals surface area contributed by atoms with Crippen molar-refractivity contribution in [3.8, 4) is 5.75 Å². The van der Waals surface area contributed by atoms with Gasteiger partial charge in [-0.3, -0.25) is 0 Å². The van der Waals surface area contributed by atoms with Crippen LogP contribution in [0.2, 0.25) is 0 Å². The molecule has 0 bridgehead atoms. The van der Waals surface area contributed by atoms with E-state index >= 15 is 8.78 Å². The summed E-state index contributed by atoms with van der Waals surface area (Å²) in [5.41, 5.74) is 9.35. The first-order valence-corrected chi connectivity index (χ1v) is 14.8. The molecule has 0 saturated carbocycles. The Morgan fingerprint density at radius 2 is 1.69 bits per heavy atom. The fourth-order valence-corrected chi connectivity index (χ4v) is 9.08. The monoisotopic (exact) mass is 656 g/mol. The molecule has 0 N–H and O–H groups in total. The maximum absolute atomic E-state index is 15.2. The van der Waals surface area contributed by atoms with Crippen LogP contribution in [-0.4, -0.2) is 34.4 Å². The van der Waals surface area contributed by atoms with Crippen molar-refractivity contribution >= 4 is 31.8 Å². The van der Waals surface area contributed by atoms with Gasteiger partial charge in [-0.15, -0.1) is 0 Å². The summed E-state index contributed by atoms with van der Waals surface area (Å²) in [4.78, 5) is 16.8. The number of carbonyl (C=O) groups is 1. The molecular formula is C27H25F4IN4O3. The molecule has 1 aliphatic heterocycles. The van der Waals surface area contributed by atoms with Gasteiger partial charge in [0.05, 0.1) is 0 Å². The summed E-state index contributed by atoms with van der Waals surface area (Å²) in [5, 5.41) is 3.46. The molecule has 0 aliphatic carbocycles. The molecule has 0 aromatic heterocycles. The summed E-state index contributed by atoms with van der Waals surface area (Å²) in [6.45, 7) is 3.49. The van der Waals surface area contributed by atoms with Crippen LogP contribution in [0.5, 0.6) is 5.75 Å². The van der Waals surface area contributed by atoms with E-state index in [9.17, 15) is 13.6 Å². The smallest absolute Gasteiger partial charge is 0.0608 e. The summed E-state index contributed by atoms with van der Waals surface area (Å²) in [5.74, 6) is -0.663. The van der Waals surface area contributed by atoms with Gasteiger partial charge in [0, 0.05) is 10.6 Å². The van der Waals surface area contributed by atoms with Crippen molar-refractivity contribution in [2.24, 2.45) is 5.11 Å². The molecule has 12 heteroatoms. The van der Waals surface area contributed by atoms with Crippen LogP contribution in [0.1, 0.15) is 35.3 Å².